The fourth-order valence-corrected chi connectivity index (χ4v) is 6.52. The Kier molecular flexibility index (Phi) is 8.65. The van der Waals surface area contributed by atoms with E-state index >= 15 is 0 Å². The molecule has 2 fully saturated rings. The molecular weight excluding hydrogens is 527 g/mol. The van der Waals surface area contributed by atoms with Crippen LogP contribution in [-0.4, -0.2) is 52.5 Å². The lowest BCUT2D eigenvalue weighted by Gasteiger charge is -2.34. The number of carbonyl (C=O) groups is 2. The summed E-state index contributed by atoms with van der Waals surface area (Å²) in [5.41, 5.74) is 3.04. The van der Waals surface area contributed by atoms with Crippen molar-refractivity contribution in [1.82, 2.24) is 20.4 Å². The number of carbonyl (C=O) groups excluding carboxylic acids is 2. The number of benzene rings is 3. The molecule has 3 aromatic carbocycles. The van der Waals surface area contributed by atoms with Gasteiger partial charge in [-0.2, -0.15) is 5.10 Å². The van der Waals surface area contributed by atoms with E-state index in [1.165, 1.54) is 12.1 Å². The van der Waals surface area contributed by atoms with Gasteiger partial charge in [0.15, 0.2) is 5.78 Å². The number of Topliss-reactive ketones (excluding diaryl/α,β-unsaturated/α-hetero) is 1. The number of rotatable bonds is 8. The number of nitrogens with one attached hydrogen (secondary N) is 1. The highest BCUT2D eigenvalue weighted by Crippen LogP contribution is 2.29. The second-order valence-corrected chi connectivity index (χ2v) is 11.8. The van der Waals surface area contributed by atoms with Gasteiger partial charge in [-0.1, -0.05) is 36.4 Å². The van der Waals surface area contributed by atoms with Crippen LogP contribution in [0.2, 0.25) is 0 Å². The molecule has 1 aliphatic carbocycles. The molecule has 42 heavy (non-hydrogen) atoms. The lowest BCUT2D eigenvalue weighted by atomic mass is 9.83. The Balaban J connectivity index is 0.925. The maximum absolute atomic E-state index is 13.2. The number of piperidine rings is 1. The number of likely N-dealkylation sites (tertiary alicyclic amines) is 1. The van der Waals surface area contributed by atoms with Crippen LogP contribution < -0.4 is 5.32 Å². The van der Waals surface area contributed by atoms with Gasteiger partial charge in [0.2, 0.25) is 0 Å². The van der Waals surface area contributed by atoms with Gasteiger partial charge in [0.25, 0.3) is 5.91 Å². The molecule has 1 saturated carbocycles. The van der Waals surface area contributed by atoms with Gasteiger partial charge in [0.1, 0.15) is 11.5 Å². The van der Waals surface area contributed by atoms with Gasteiger partial charge in [-0.15, -0.1) is 5.10 Å². The topological polar surface area (TPSA) is 75.2 Å². The minimum atomic E-state index is -0.309. The van der Waals surface area contributed by atoms with Gasteiger partial charge in [-0.05, 0) is 107 Å². The number of halogens is 1. The zero-order valence-electron chi connectivity index (χ0n) is 23.8. The monoisotopic (exact) mass is 564 g/mol. The quantitative estimate of drug-likeness (QED) is 0.241. The molecule has 1 N–H and O–H groups in total. The molecule has 1 aromatic heterocycles. The number of hydrogen-bond donors (Lipinski definition) is 1. The molecule has 2 heterocycles. The fourth-order valence-electron chi connectivity index (χ4n) is 6.52. The summed E-state index contributed by atoms with van der Waals surface area (Å²) in [6.45, 7) is 2.94. The standard InChI is InChI=1S/C35H37FN4O2/c36-30-13-11-26(12-14-30)34(41)27-18-21-40(22-19-27)20-17-24-5-15-31(16-6-24)38-35(42)28-9-7-25(8-10-28)33-32-4-2-1-3-29(32)23-37-39-33/h1-4,7-14,23-24,27,31H,5-6,15-22H2,(H,38,42). The van der Waals surface area contributed by atoms with Crippen LogP contribution in [0.25, 0.3) is 22.0 Å². The maximum Gasteiger partial charge on any atom is 0.251 e. The van der Waals surface area contributed by atoms with E-state index in [1.807, 2.05) is 48.5 Å². The van der Waals surface area contributed by atoms with Crippen molar-refractivity contribution in [2.75, 3.05) is 19.6 Å². The molecular formula is C35H37FN4O2. The summed E-state index contributed by atoms with van der Waals surface area (Å²) in [7, 11) is 0. The van der Waals surface area contributed by atoms with E-state index in [0.717, 1.165) is 86.6 Å². The van der Waals surface area contributed by atoms with E-state index in [2.05, 4.69) is 20.4 Å². The first-order chi connectivity index (χ1) is 20.5. The number of ketones is 1. The first kappa shape index (κ1) is 28.2. The summed E-state index contributed by atoms with van der Waals surface area (Å²) in [6.07, 6.45) is 8.93. The Morgan fingerprint density at radius 1 is 0.833 bits per heavy atom. The number of amides is 1. The van der Waals surface area contributed by atoms with Crippen LogP contribution in [0.1, 0.15) is 65.7 Å². The minimum Gasteiger partial charge on any atom is -0.349 e. The number of fused-ring (bicyclic) bond motifs is 1. The largest absolute Gasteiger partial charge is 0.349 e. The van der Waals surface area contributed by atoms with E-state index < -0.39 is 0 Å². The smallest absolute Gasteiger partial charge is 0.251 e. The van der Waals surface area contributed by atoms with Crippen LogP contribution >= 0.6 is 0 Å². The van der Waals surface area contributed by atoms with Crippen LogP contribution in [0.15, 0.2) is 79.0 Å². The molecule has 0 atom stereocenters. The first-order valence-corrected chi connectivity index (χ1v) is 15.2. The van der Waals surface area contributed by atoms with Crippen LogP contribution in [0.5, 0.6) is 0 Å². The molecule has 7 heteroatoms. The molecule has 6 nitrogen and oxygen atoms in total. The molecule has 1 aliphatic heterocycles. The molecule has 1 amide bonds. The van der Waals surface area contributed by atoms with Crippen LogP contribution in [-0.2, 0) is 0 Å². The van der Waals surface area contributed by atoms with Crippen molar-refractivity contribution >= 4 is 22.5 Å². The van der Waals surface area contributed by atoms with Crippen molar-refractivity contribution in [2.45, 2.75) is 51.0 Å². The molecule has 0 radical (unpaired) electrons. The van der Waals surface area contributed by atoms with Gasteiger partial charge in [-0.3, -0.25) is 9.59 Å². The van der Waals surface area contributed by atoms with Crippen LogP contribution in [0.4, 0.5) is 4.39 Å². The average molecular weight is 565 g/mol. The third-order valence-corrected chi connectivity index (χ3v) is 9.11. The van der Waals surface area contributed by atoms with E-state index in [1.54, 1.807) is 18.3 Å². The second kappa shape index (κ2) is 12.9. The summed E-state index contributed by atoms with van der Waals surface area (Å²) >= 11 is 0. The summed E-state index contributed by atoms with van der Waals surface area (Å²) in [5, 5.41) is 13.8. The Morgan fingerprint density at radius 3 is 2.26 bits per heavy atom. The van der Waals surface area contributed by atoms with Crippen molar-refractivity contribution in [2.24, 2.45) is 11.8 Å². The highest BCUT2D eigenvalue weighted by atomic mass is 19.1. The van der Waals surface area contributed by atoms with Crippen molar-refractivity contribution < 1.29 is 14.0 Å². The predicted molar refractivity (Wildman–Crippen MR) is 163 cm³/mol. The first-order valence-electron chi connectivity index (χ1n) is 15.2. The van der Waals surface area contributed by atoms with Gasteiger partial charge in [-0.25, -0.2) is 4.39 Å². The van der Waals surface area contributed by atoms with Crippen molar-refractivity contribution in [3.8, 4) is 11.3 Å². The minimum absolute atomic E-state index is 0.0212. The number of nitrogens with zero attached hydrogens (tertiary/aromatic N) is 3. The Bertz CT molecular complexity index is 1520. The van der Waals surface area contributed by atoms with Gasteiger partial charge in [0.05, 0.1) is 6.20 Å². The fraction of sp³-hybridized carbons (Fsp3) is 0.371. The third kappa shape index (κ3) is 6.57. The van der Waals surface area contributed by atoms with Crippen molar-refractivity contribution in [3.05, 3.63) is 95.9 Å². The third-order valence-electron chi connectivity index (χ3n) is 9.11. The Hall–Kier alpha value is -3.97. The molecule has 0 bridgehead atoms. The summed E-state index contributed by atoms with van der Waals surface area (Å²) in [5.74, 6) is 0.528. The van der Waals surface area contributed by atoms with Crippen LogP contribution in [0, 0.1) is 17.7 Å². The van der Waals surface area contributed by atoms with Crippen molar-refractivity contribution in [3.63, 3.8) is 0 Å². The van der Waals surface area contributed by atoms with E-state index in [9.17, 15) is 14.0 Å². The van der Waals surface area contributed by atoms with Gasteiger partial charge in [0, 0.05) is 39.4 Å². The molecule has 0 unspecified atom stereocenters. The Labute approximate surface area is 246 Å². The zero-order valence-corrected chi connectivity index (χ0v) is 23.8. The Morgan fingerprint density at radius 2 is 1.52 bits per heavy atom. The molecule has 4 aromatic rings. The van der Waals surface area contributed by atoms with Crippen molar-refractivity contribution in [1.29, 1.82) is 0 Å². The zero-order chi connectivity index (χ0) is 28.9. The summed E-state index contributed by atoms with van der Waals surface area (Å²) < 4.78 is 13.2. The van der Waals surface area contributed by atoms with Crippen LogP contribution in [0.3, 0.4) is 0 Å². The van der Waals surface area contributed by atoms with E-state index in [4.69, 9.17) is 0 Å². The average Bonchev–Trinajstić information content (AvgIpc) is 3.04. The molecule has 2 aliphatic rings. The number of hydrogen-bond acceptors (Lipinski definition) is 5. The molecule has 216 valence electrons. The van der Waals surface area contributed by atoms with E-state index in [0.29, 0.717) is 17.0 Å². The summed E-state index contributed by atoms with van der Waals surface area (Å²) in [4.78, 5) is 28.2. The normalized spacial score (nSPS) is 19.9. The van der Waals surface area contributed by atoms with E-state index in [-0.39, 0.29) is 29.5 Å². The summed E-state index contributed by atoms with van der Waals surface area (Å²) in [6, 6.07) is 21.8. The molecule has 1 saturated heterocycles. The number of aromatic nitrogens is 2. The maximum atomic E-state index is 13.2. The lowest BCUT2D eigenvalue weighted by Crippen LogP contribution is -2.39. The van der Waals surface area contributed by atoms with Gasteiger partial charge >= 0.3 is 0 Å². The van der Waals surface area contributed by atoms with Gasteiger partial charge < -0.3 is 10.2 Å². The highest BCUT2D eigenvalue weighted by molar-refractivity contribution is 5.98. The second-order valence-electron chi connectivity index (χ2n) is 11.8. The highest BCUT2D eigenvalue weighted by Gasteiger charge is 2.27. The molecule has 6 rings (SSSR count). The molecule has 0 spiro atoms. The lowest BCUT2D eigenvalue weighted by molar-refractivity contribution is 0.0832. The SMILES string of the molecule is O=C(NC1CCC(CCN2CCC(C(=O)c3ccc(F)cc3)CC2)CC1)c1ccc(-c2nncc3ccccc23)cc1. The predicted octanol–water partition coefficient (Wildman–Crippen LogP) is 6.71.